The van der Waals surface area contributed by atoms with Gasteiger partial charge in [-0.05, 0) is 99.9 Å². The van der Waals surface area contributed by atoms with Crippen LogP contribution in [-0.2, 0) is 6.42 Å². The lowest BCUT2D eigenvalue weighted by Crippen LogP contribution is -2.43. The summed E-state index contributed by atoms with van der Waals surface area (Å²) in [5, 5.41) is 0.571. The Bertz CT molecular complexity index is 1070. The highest BCUT2D eigenvalue weighted by atomic mass is 35.5. The summed E-state index contributed by atoms with van der Waals surface area (Å²) in [5.41, 5.74) is 2.64. The fourth-order valence-electron chi connectivity index (χ4n) is 6.07. The number of ether oxygens (including phenoxy) is 2. The lowest BCUT2D eigenvalue weighted by molar-refractivity contribution is 0.0662. The molecule has 1 amide bonds. The van der Waals surface area contributed by atoms with Gasteiger partial charge in [0.1, 0.15) is 17.6 Å². The van der Waals surface area contributed by atoms with E-state index in [0.29, 0.717) is 29.6 Å². The molecular formula is C28H33ClN2O3. The number of hydrogen-bond donors (Lipinski definition) is 0. The van der Waals surface area contributed by atoms with Crippen molar-refractivity contribution in [3.05, 3.63) is 52.5 Å². The average molecular weight is 481 g/mol. The van der Waals surface area contributed by atoms with Crippen LogP contribution in [0.4, 0.5) is 5.69 Å². The number of nitrogens with zero attached hydrogens (tertiary/aromatic N) is 2. The third kappa shape index (κ3) is 4.18. The van der Waals surface area contributed by atoms with Crippen molar-refractivity contribution >= 4 is 23.2 Å². The number of anilines is 1. The van der Waals surface area contributed by atoms with Crippen molar-refractivity contribution in [1.82, 2.24) is 4.90 Å². The highest BCUT2D eigenvalue weighted by Crippen LogP contribution is 2.38. The van der Waals surface area contributed by atoms with Crippen LogP contribution in [0.15, 0.2) is 36.4 Å². The normalized spacial score (nSPS) is 26.8. The zero-order valence-electron chi connectivity index (χ0n) is 19.8. The fraction of sp³-hybridized carbons (Fsp3) is 0.536. The molecule has 34 heavy (non-hydrogen) atoms. The van der Waals surface area contributed by atoms with E-state index in [4.69, 9.17) is 21.1 Å². The Labute approximate surface area is 207 Å². The van der Waals surface area contributed by atoms with Gasteiger partial charge < -0.3 is 19.3 Å². The molecule has 2 aromatic carbocycles. The van der Waals surface area contributed by atoms with Crippen LogP contribution in [0.5, 0.6) is 11.5 Å². The maximum Gasteiger partial charge on any atom is 0.258 e. The number of amides is 1. The van der Waals surface area contributed by atoms with Gasteiger partial charge in [-0.2, -0.15) is 0 Å². The second-order valence-corrected chi connectivity index (χ2v) is 10.9. The van der Waals surface area contributed by atoms with E-state index in [-0.39, 0.29) is 12.0 Å². The van der Waals surface area contributed by atoms with Crippen molar-refractivity contribution in [3.63, 3.8) is 0 Å². The van der Waals surface area contributed by atoms with Crippen LogP contribution in [0, 0.1) is 5.92 Å². The first-order valence-electron chi connectivity index (χ1n) is 12.8. The van der Waals surface area contributed by atoms with E-state index < -0.39 is 0 Å². The molecule has 1 aliphatic carbocycles. The van der Waals surface area contributed by atoms with Gasteiger partial charge in [-0.15, -0.1) is 0 Å². The third-order valence-electron chi connectivity index (χ3n) is 8.44. The second-order valence-electron chi connectivity index (χ2n) is 10.5. The van der Waals surface area contributed by atoms with Crippen molar-refractivity contribution in [1.29, 1.82) is 0 Å². The van der Waals surface area contributed by atoms with E-state index in [2.05, 4.69) is 11.9 Å². The molecule has 5 nitrogen and oxygen atoms in total. The Morgan fingerprint density at radius 3 is 2.53 bits per heavy atom. The molecule has 0 radical (unpaired) electrons. The van der Waals surface area contributed by atoms with Crippen molar-refractivity contribution < 1.29 is 14.3 Å². The van der Waals surface area contributed by atoms with E-state index in [1.54, 1.807) is 0 Å². The first kappa shape index (κ1) is 22.2. The molecule has 6 heteroatoms. The van der Waals surface area contributed by atoms with Crippen LogP contribution in [0.1, 0.15) is 60.9 Å². The molecule has 2 saturated heterocycles. The molecule has 0 N–H and O–H groups in total. The first-order valence-corrected chi connectivity index (χ1v) is 13.2. The molecule has 3 fully saturated rings. The van der Waals surface area contributed by atoms with Crippen LogP contribution in [-0.4, -0.2) is 49.2 Å². The number of fused-ring (bicyclic) bond motifs is 3. The van der Waals surface area contributed by atoms with E-state index in [1.807, 2.05) is 41.3 Å². The van der Waals surface area contributed by atoms with Crippen LogP contribution >= 0.6 is 11.6 Å². The number of carbonyl (C=O) groups is 1. The molecule has 180 valence electrons. The molecule has 1 saturated carbocycles. The lowest BCUT2D eigenvalue weighted by Gasteiger charge is -2.36. The summed E-state index contributed by atoms with van der Waals surface area (Å²) >= 11 is 6.64. The number of benzene rings is 2. The topological polar surface area (TPSA) is 42.0 Å². The average Bonchev–Trinajstić information content (AvgIpc) is 3.00. The van der Waals surface area contributed by atoms with E-state index >= 15 is 0 Å². The van der Waals surface area contributed by atoms with Crippen molar-refractivity contribution in [2.24, 2.45) is 5.92 Å². The molecule has 1 unspecified atom stereocenters. The quantitative estimate of drug-likeness (QED) is 0.529. The number of rotatable bonds is 6. The lowest BCUT2D eigenvalue weighted by atomic mass is 9.86. The molecule has 3 heterocycles. The number of halogens is 1. The number of carbonyl (C=O) groups excluding carboxylic acids is 1. The van der Waals surface area contributed by atoms with Crippen molar-refractivity contribution in [3.8, 4) is 11.5 Å². The predicted molar refractivity (Wildman–Crippen MR) is 134 cm³/mol. The summed E-state index contributed by atoms with van der Waals surface area (Å²) in [4.78, 5) is 17.6. The maximum atomic E-state index is 13.3. The summed E-state index contributed by atoms with van der Waals surface area (Å²) in [6.07, 6.45) is 9.50. The first-order chi connectivity index (χ1) is 16.5. The van der Waals surface area contributed by atoms with Gasteiger partial charge in [0.2, 0.25) is 0 Å². The maximum absolute atomic E-state index is 13.3. The Morgan fingerprint density at radius 2 is 1.82 bits per heavy atom. The fourth-order valence-corrected chi connectivity index (χ4v) is 6.28. The van der Waals surface area contributed by atoms with E-state index in [1.165, 1.54) is 32.1 Å². The minimum atomic E-state index is 0.0171. The monoisotopic (exact) mass is 480 g/mol. The molecule has 0 aromatic heterocycles. The molecule has 2 aromatic rings. The van der Waals surface area contributed by atoms with Gasteiger partial charge in [0.05, 0.1) is 11.6 Å². The number of piperidine rings is 1. The molecule has 2 bridgehead atoms. The summed E-state index contributed by atoms with van der Waals surface area (Å²) in [7, 11) is 2.23. The van der Waals surface area contributed by atoms with Gasteiger partial charge in [0.25, 0.3) is 5.91 Å². The molecular weight excluding hydrogens is 448 g/mol. The van der Waals surface area contributed by atoms with Gasteiger partial charge >= 0.3 is 0 Å². The Morgan fingerprint density at radius 1 is 1.03 bits per heavy atom. The minimum Gasteiger partial charge on any atom is -0.493 e. The Balaban J connectivity index is 1.12. The van der Waals surface area contributed by atoms with Crippen LogP contribution < -0.4 is 14.4 Å². The van der Waals surface area contributed by atoms with Gasteiger partial charge in [0, 0.05) is 29.9 Å². The van der Waals surface area contributed by atoms with Crippen molar-refractivity contribution in [2.75, 3.05) is 25.1 Å². The van der Waals surface area contributed by atoms with Gasteiger partial charge in [-0.25, -0.2) is 0 Å². The SMILES string of the molecule is CN1[C@@H]2CC[C@H]1CC(Oc1ccc(N3CCc4cc(OCC5CCC5)ccc4C3=O)cc1Cl)C2. The minimum absolute atomic E-state index is 0.0171. The summed E-state index contributed by atoms with van der Waals surface area (Å²) in [5.74, 6) is 2.30. The Kier molecular flexibility index (Phi) is 5.94. The van der Waals surface area contributed by atoms with E-state index in [9.17, 15) is 4.79 Å². The molecule has 3 aliphatic heterocycles. The molecule has 0 spiro atoms. The smallest absolute Gasteiger partial charge is 0.258 e. The third-order valence-corrected chi connectivity index (χ3v) is 8.74. The summed E-state index contributed by atoms with van der Waals surface area (Å²) < 4.78 is 12.3. The molecule has 6 rings (SSSR count). The van der Waals surface area contributed by atoms with Gasteiger partial charge in [-0.3, -0.25) is 4.79 Å². The van der Waals surface area contributed by atoms with Crippen LogP contribution in [0.25, 0.3) is 0 Å². The second kappa shape index (κ2) is 9.09. The molecule has 4 aliphatic rings. The zero-order valence-corrected chi connectivity index (χ0v) is 20.6. The van der Waals surface area contributed by atoms with Gasteiger partial charge in [0.15, 0.2) is 0 Å². The van der Waals surface area contributed by atoms with Crippen LogP contribution in [0.2, 0.25) is 5.02 Å². The predicted octanol–water partition coefficient (Wildman–Crippen LogP) is 5.73. The highest BCUT2D eigenvalue weighted by molar-refractivity contribution is 6.32. The summed E-state index contributed by atoms with van der Waals surface area (Å²) in [6, 6.07) is 12.9. The number of hydrogen-bond acceptors (Lipinski definition) is 4. The van der Waals surface area contributed by atoms with Crippen LogP contribution in [0.3, 0.4) is 0 Å². The zero-order chi connectivity index (χ0) is 23.2. The van der Waals surface area contributed by atoms with Crippen molar-refractivity contribution in [2.45, 2.75) is 69.6 Å². The van der Waals surface area contributed by atoms with Gasteiger partial charge in [-0.1, -0.05) is 18.0 Å². The van der Waals surface area contributed by atoms with E-state index in [0.717, 1.165) is 54.2 Å². The standard InChI is InChI=1S/C28H33ClN2O3/c1-30-20-5-6-21(30)15-24(14-20)34-27-10-7-22(16-26(27)29)31-12-11-19-13-23(8-9-25(19)28(31)32)33-17-18-3-2-4-18/h7-10,13,16,18,20-21,24H,2-6,11-12,14-15,17H2,1H3/t20-,21+,24?. The Hall–Kier alpha value is -2.24. The largest absolute Gasteiger partial charge is 0.493 e. The molecule has 3 atom stereocenters. The summed E-state index contributed by atoms with van der Waals surface area (Å²) in [6.45, 7) is 1.41. The highest BCUT2D eigenvalue weighted by Gasteiger charge is 2.39.